The van der Waals surface area contributed by atoms with Gasteiger partial charge in [-0.1, -0.05) is 12.1 Å². The number of aromatic nitrogens is 2. The Morgan fingerprint density at radius 3 is 2.88 bits per heavy atom. The van der Waals surface area contributed by atoms with Gasteiger partial charge >= 0.3 is 0 Å². The Kier molecular flexibility index (Phi) is 6.38. The lowest BCUT2D eigenvalue weighted by Crippen LogP contribution is -2.29. The van der Waals surface area contributed by atoms with E-state index in [1.54, 1.807) is 7.05 Å². The van der Waals surface area contributed by atoms with Gasteiger partial charge in [0.25, 0.3) is 0 Å². The van der Waals surface area contributed by atoms with Crippen molar-refractivity contribution in [2.75, 3.05) is 39.1 Å². The standard InChI is InChI=1S/C19H26N4O3/c1-21-11-15(24)12-26-16-4-2-3-14(9-16)18-10-17(22-19(20)23-18)13-5-7-25-8-6-13/h2-4,9-10,13,15,21,24H,5-8,11-12H2,1H3,(H2,20,22,23). The number of hydrogen-bond donors (Lipinski definition) is 3. The first kappa shape index (κ1) is 18.6. The van der Waals surface area contributed by atoms with E-state index in [0.717, 1.165) is 43.0 Å². The van der Waals surface area contributed by atoms with Crippen LogP contribution in [0.25, 0.3) is 11.3 Å². The van der Waals surface area contributed by atoms with Crippen molar-refractivity contribution in [3.05, 3.63) is 36.0 Å². The summed E-state index contributed by atoms with van der Waals surface area (Å²) in [5, 5.41) is 12.7. The van der Waals surface area contributed by atoms with Gasteiger partial charge in [0.1, 0.15) is 18.5 Å². The molecule has 1 fully saturated rings. The van der Waals surface area contributed by atoms with E-state index >= 15 is 0 Å². The third-order valence-corrected chi connectivity index (χ3v) is 4.41. The predicted octanol–water partition coefficient (Wildman–Crippen LogP) is 1.58. The molecule has 1 atom stereocenters. The van der Waals surface area contributed by atoms with Crippen LogP contribution in [-0.4, -0.2) is 54.6 Å². The molecule has 0 saturated carbocycles. The Morgan fingerprint density at radius 1 is 1.31 bits per heavy atom. The van der Waals surface area contributed by atoms with Crippen LogP contribution in [0.3, 0.4) is 0 Å². The third-order valence-electron chi connectivity index (χ3n) is 4.41. The number of nitrogens with two attached hydrogens (primary N) is 1. The summed E-state index contributed by atoms with van der Waals surface area (Å²) < 4.78 is 11.1. The molecule has 3 rings (SSSR count). The van der Waals surface area contributed by atoms with Gasteiger partial charge in [0.2, 0.25) is 5.95 Å². The molecule has 1 aliphatic heterocycles. The van der Waals surface area contributed by atoms with E-state index in [1.165, 1.54) is 0 Å². The quantitative estimate of drug-likeness (QED) is 0.690. The number of likely N-dealkylation sites (N-methyl/N-ethyl adjacent to an activating group) is 1. The summed E-state index contributed by atoms with van der Waals surface area (Å²) in [5.74, 6) is 1.31. The monoisotopic (exact) mass is 358 g/mol. The van der Waals surface area contributed by atoms with Crippen molar-refractivity contribution in [2.24, 2.45) is 0 Å². The number of aliphatic hydroxyl groups is 1. The van der Waals surface area contributed by atoms with E-state index in [4.69, 9.17) is 15.2 Å². The van der Waals surface area contributed by atoms with Gasteiger partial charge in [-0.2, -0.15) is 0 Å². The molecule has 0 radical (unpaired) electrons. The van der Waals surface area contributed by atoms with Gasteiger partial charge in [-0.3, -0.25) is 0 Å². The van der Waals surface area contributed by atoms with E-state index in [-0.39, 0.29) is 12.6 Å². The molecule has 0 aliphatic carbocycles. The number of rotatable bonds is 7. The van der Waals surface area contributed by atoms with Crippen LogP contribution in [-0.2, 0) is 4.74 Å². The highest BCUT2D eigenvalue weighted by Gasteiger charge is 2.19. The zero-order valence-corrected chi connectivity index (χ0v) is 15.0. The fraction of sp³-hybridized carbons (Fsp3) is 0.474. The number of ether oxygens (including phenoxy) is 2. The normalized spacial score (nSPS) is 16.4. The van der Waals surface area contributed by atoms with E-state index in [2.05, 4.69) is 15.3 Å². The van der Waals surface area contributed by atoms with Crippen LogP contribution < -0.4 is 15.8 Å². The smallest absolute Gasteiger partial charge is 0.220 e. The van der Waals surface area contributed by atoms with Gasteiger partial charge in [-0.15, -0.1) is 0 Å². The molecule has 1 aromatic heterocycles. The van der Waals surface area contributed by atoms with E-state index in [1.807, 2.05) is 30.3 Å². The highest BCUT2D eigenvalue weighted by molar-refractivity contribution is 5.62. The van der Waals surface area contributed by atoms with Crippen molar-refractivity contribution in [2.45, 2.75) is 24.9 Å². The minimum Gasteiger partial charge on any atom is -0.491 e. The second kappa shape index (κ2) is 8.93. The topological polar surface area (TPSA) is 103 Å². The number of nitrogens with zero attached hydrogens (tertiary/aromatic N) is 2. The van der Waals surface area contributed by atoms with E-state index in [9.17, 15) is 5.11 Å². The molecular formula is C19H26N4O3. The molecule has 7 nitrogen and oxygen atoms in total. The van der Waals surface area contributed by atoms with Gasteiger partial charge in [0.05, 0.1) is 5.69 Å². The van der Waals surface area contributed by atoms with Crippen molar-refractivity contribution in [3.8, 4) is 17.0 Å². The highest BCUT2D eigenvalue weighted by atomic mass is 16.5. The highest BCUT2D eigenvalue weighted by Crippen LogP contribution is 2.29. The minimum atomic E-state index is -0.557. The van der Waals surface area contributed by atoms with Crippen LogP contribution in [0.1, 0.15) is 24.5 Å². The lowest BCUT2D eigenvalue weighted by Gasteiger charge is -2.22. The van der Waals surface area contributed by atoms with Crippen LogP contribution in [0, 0.1) is 0 Å². The molecule has 2 aromatic rings. The van der Waals surface area contributed by atoms with Crippen molar-refractivity contribution < 1.29 is 14.6 Å². The maximum atomic E-state index is 9.78. The Hall–Kier alpha value is -2.22. The molecule has 7 heteroatoms. The zero-order valence-electron chi connectivity index (χ0n) is 15.0. The Balaban J connectivity index is 1.77. The average molecular weight is 358 g/mol. The first-order valence-corrected chi connectivity index (χ1v) is 8.94. The van der Waals surface area contributed by atoms with E-state index < -0.39 is 6.10 Å². The van der Waals surface area contributed by atoms with Crippen LogP contribution in [0.5, 0.6) is 5.75 Å². The van der Waals surface area contributed by atoms with Crippen molar-refractivity contribution in [3.63, 3.8) is 0 Å². The molecule has 1 aliphatic rings. The largest absolute Gasteiger partial charge is 0.491 e. The van der Waals surface area contributed by atoms with Crippen LogP contribution >= 0.6 is 0 Å². The van der Waals surface area contributed by atoms with Crippen molar-refractivity contribution in [1.29, 1.82) is 0 Å². The number of nitrogens with one attached hydrogen (secondary N) is 1. The maximum absolute atomic E-state index is 9.78. The molecule has 4 N–H and O–H groups in total. The molecule has 1 saturated heterocycles. The van der Waals surface area contributed by atoms with Gasteiger partial charge in [0, 0.05) is 36.9 Å². The summed E-state index contributed by atoms with van der Waals surface area (Å²) in [6.45, 7) is 2.21. The molecule has 2 heterocycles. The van der Waals surface area contributed by atoms with E-state index in [0.29, 0.717) is 18.2 Å². The molecule has 140 valence electrons. The summed E-state index contributed by atoms with van der Waals surface area (Å²) in [5.41, 5.74) is 8.60. The molecule has 0 bridgehead atoms. The lowest BCUT2D eigenvalue weighted by atomic mass is 9.95. The van der Waals surface area contributed by atoms with Crippen molar-refractivity contribution >= 4 is 5.95 Å². The molecule has 0 spiro atoms. The summed E-state index contributed by atoms with van der Waals surface area (Å²) in [7, 11) is 1.79. The second-order valence-electron chi connectivity index (χ2n) is 6.47. The number of anilines is 1. The van der Waals surface area contributed by atoms with Crippen LogP contribution in [0.4, 0.5) is 5.95 Å². The summed E-state index contributed by atoms with van der Waals surface area (Å²) in [6.07, 6.45) is 1.34. The molecule has 1 aromatic carbocycles. The fourth-order valence-corrected chi connectivity index (χ4v) is 3.07. The van der Waals surface area contributed by atoms with Gasteiger partial charge in [-0.25, -0.2) is 9.97 Å². The third kappa shape index (κ3) is 4.91. The number of benzene rings is 1. The summed E-state index contributed by atoms with van der Waals surface area (Å²) in [4.78, 5) is 8.81. The number of nitrogen functional groups attached to an aromatic ring is 1. The molecule has 26 heavy (non-hydrogen) atoms. The van der Waals surface area contributed by atoms with Gasteiger partial charge < -0.3 is 25.6 Å². The molecule has 1 unspecified atom stereocenters. The SMILES string of the molecule is CNCC(O)COc1cccc(-c2cc(C3CCOCC3)nc(N)n2)c1. The van der Waals surface area contributed by atoms with Gasteiger partial charge in [-0.05, 0) is 38.1 Å². The zero-order chi connectivity index (χ0) is 18.4. The Labute approximate surface area is 153 Å². The van der Waals surface area contributed by atoms with Gasteiger partial charge in [0.15, 0.2) is 0 Å². The molecule has 0 amide bonds. The minimum absolute atomic E-state index is 0.226. The second-order valence-corrected chi connectivity index (χ2v) is 6.47. The first-order chi connectivity index (χ1) is 12.7. The fourth-order valence-electron chi connectivity index (χ4n) is 3.07. The Morgan fingerprint density at radius 2 is 2.12 bits per heavy atom. The summed E-state index contributed by atoms with van der Waals surface area (Å²) in [6, 6.07) is 9.64. The number of hydrogen-bond acceptors (Lipinski definition) is 7. The summed E-state index contributed by atoms with van der Waals surface area (Å²) >= 11 is 0. The maximum Gasteiger partial charge on any atom is 0.220 e. The van der Waals surface area contributed by atoms with Crippen molar-refractivity contribution in [1.82, 2.24) is 15.3 Å². The number of aliphatic hydroxyl groups excluding tert-OH is 1. The first-order valence-electron chi connectivity index (χ1n) is 8.94. The van der Waals surface area contributed by atoms with Crippen LogP contribution in [0.15, 0.2) is 30.3 Å². The predicted molar refractivity (Wildman–Crippen MR) is 100 cm³/mol. The average Bonchev–Trinajstić information content (AvgIpc) is 2.67. The molecular weight excluding hydrogens is 332 g/mol. The Bertz CT molecular complexity index is 720. The van der Waals surface area contributed by atoms with Crippen LogP contribution in [0.2, 0.25) is 0 Å². The lowest BCUT2D eigenvalue weighted by molar-refractivity contribution is 0.0845.